The molecule has 0 aliphatic heterocycles. The van der Waals surface area contributed by atoms with E-state index < -0.39 is 4.92 Å². The van der Waals surface area contributed by atoms with E-state index in [1.807, 2.05) is 0 Å². The van der Waals surface area contributed by atoms with Gasteiger partial charge >= 0.3 is 0 Å². The molecule has 0 aliphatic carbocycles. The van der Waals surface area contributed by atoms with Crippen LogP contribution in [0.25, 0.3) is 0 Å². The molecule has 0 aliphatic rings. The number of anilines is 2. The Morgan fingerprint density at radius 1 is 1.43 bits per heavy atom. The van der Waals surface area contributed by atoms with Gasteiger partial charge in [-0.15, -0.1) is 0 Å². The van der Waals surface area contributed by atoms with E-state index in [0.29, 0.717) is 17.3 Å². The normalized spacial score (nSPS) is 11.3. The molecule has 0 fully saturated rings. The topological polar surface area (TPSA) is 98.9 Å². The first-order valence-electron chi connectivity index (χ1n) is 6.90. The maximum Gasteiger partial charge on any atom is 0.296 e. The van der Waals surface area contributed by atoms with Crippen LogP contribution in [0.2, 0.25) is 0 Å². The minimum Gasteiger partial charge on any atom is -0.394 e. The smallest absolute Gasteiger partial charge is 0.296 e. The lowest BCUT2D eigenvalue weighted by atomic mass is 9.90. The summed E-state index contributed by atoms with van der Waals surface area (Å²) in [5.74, 6) is 0. The van der Waals surface area contributed by atoms with Crippen molar-refractivity contribution in [1.29, 1.82) is 0 Å². The molecule has 0 amide bonds. The lowest BCUT2D eigenvalue weighted by Gasteiger charge is -2.24. The van der Waals surface area contributed by atoms with Gasteiger partial charge in [-0.2, -0.15) is 0 Å². The molecule has 0 atom stereocenters. The van der Waals surface area contributed by atoms with Gasteiger partial charge < -0.3 is 10.4 Å². The zero-order valence-corrected chi connectivity index (χ0v) is 12.7. The van der Waals surface area contributed by atoms with Crippen LogP contribution in [0.4, 0.5) is 17.1 Å². The quantitative estimate of drug-likeness (QED) is 0.504. The molecule has 0 aromatic heterocycles. The SMILES string of the molecule is CCC(C)(C)CNc1ccc(N(O)CCO)c([N+](=O)[O-])c1. The van der Waals surface area contributed by atoms with Crippen molar-refractivity contribution >= 4 is 17.1 Å². The van der Waals surface area contributed by atoms with Crippen LogP contribution in [0.3, 0.4) is 0 Å². The average Bonchev–Trinajstić information content (AvgIpc) is 2.45. The van der Waals surface area contributed by atoms with Gasteiger partial charge in [0.15, 0.2) is 0 Å². The van der Waals surface area contributed by atoms with Crippen LogP contribution in [-0.2, 0) is 0 Å². The Hall–Kier alpha value is -1.86. The maximum absolute atomic E-state index is 11.1. The van der Waals surface area contributed by atoms with E-state index in [0.717, 1.165) is 6.42 Å². The number of nitro groups is 1. The van der Waals surface area contributed by atoms with E-state index in [-0.39, 0.29) is 29.9 Å². The third-order valence-corrected chi connectivity index (χ3v) is 3.49. The molecule has 1 aromatic carbocycles. The first-order valence-corrected chi connectivity index (χ1v) is 6.90. The summed E-state index contributed by atoms with van der Waals surface area (Å²) in [5, 5.41) is 33.5. The molecule has 0 bridgehead atoms. The van der Waals surface area contributed by atoms with Crippen LogP contribution < -0.4 is 10.4 Å². The number of hydrogen-bond donors (Lipinski definition) is 3. The van der Waals surface area contributed by atoms with Gasteiger partial charge in [-0.3, -0.25) is 15.3 Å². The summed E-state index contributed by atoms with van der Waals surface area (Å²) in [6.45, 7) is 6.62. The number of benzene rings is 1. The molecule has 7 nitrogen and oxygen atoms in total. The van der Waals surface area contributed by atoms with E-state index in [9.17, 15) is 15.3 Å². The number of nitrogens with zero attached hydrogens (tertiary/aromatic N) is 2. The predicted octanol–water partition coefficient (Wildman–Crippen LogP) is 2.63. The summed E-state index contributed by atoms with van der Waals surface area (Å²) >= 11 is 0. The molecule has 0 saturated carbocycles. The highest BCUT2D eigenvalue weighted by atomic mass is 16.6. The van der Waals surface area contributed by atoms with Gasteiger partial charge in [-0.1, -0.05) is 20.8 Å². The van der Waals surface area contributed by atoms with Crippen molar-refractivity contribution in [3.05, 3.63) is 28.3 Å². The number of hydroxylamine groups is 1. The molecule has 7 heteroatoms. The molecular weight excluding hydrogens is 274 g/mol. The molecule has 1 rings (SSSR count). The zero-order valence-electron chi connectivity index (χ0n) is 12.7. The fourth-order valence-corrected chi connectivity index (χ4v) is 1.68. The first kappa shape index (κ1) is 17.2. The highest BCUT2D eigenvalue weighted by Crippen LogP contribution is 2.31. The minimum absolute atomic E-state index is 0.0642. The molecular formula is C14H23N3O4. The molecule has 3 N–H and O–H groups in total. The third kappa shape index (κ3) is 4.87. The van der Waals surface area contributed by atoms with Crippen LogP contribution in [0.5, 0.6) is 0 Å². The number of aliphatic hydroxyl groups is 1. The van der Waals surface area contributed by atoms with Gasteiger partial charge in [0.1, 0.15) is 5.69 Å². The monoisotopic (exact) mass is 297 g/mol. The van der Waals surface area contributed by atoms with Gasteiger partial charge in [0.25, 0.3) is 5.69 Å². The molecule has 1 aromatic rings. The summed E-state index contributed by atoms with van der Waals surface area (Å²) in [7, 11) is 0. The summed E-state index contributed by atoms with van der Waals surface area (Å²) in [5.41, 5.74) is 0.580. The number of nitro benzene ring substituents is 1. The lowest BCUT2D eigenvalue weighted by Crippen LogP contribution is -2.23. The lowest BCUT2D eigenvalue weighted by molar-refractivity contribution is -0.384. The Morgan fingerprint density at radius 2 is 2.10 bits per heavy atom. The van der Waals surface area contributed by atoms with Crippen LogP contribution >= 0.6 is 0 Å². The first-order chi connectivity index (χ1) is 9.80. The number of aliphatic hydroxyl groups excluding tert-OH is 1. The summed E-state index contributed by atoms with van der Waals surface area (Å²) in [6, 6.07) is 4.53. The van der Waals surface area contributed by atoms with E-state index in [1.54, 1.807) is 6.07 Å². The minimum atomic E-state index is -0.550. The van der Waals surface area contributed by atoms with Crippen molar-refractivity contribution in [2.24, 2.45) is 5.41 Å². The second-order valence-electron chi connectivity index (χ2n) is 5.68. The fourth-order valence-electron chi connectivity index (χ4n) is 1.68. The van der Waals surface area contributed by atoms with E-state index in [1.165, 1.54) is 12.1 Å². The largest absolute Gasteiger partial charge is 0.394 e. The number of rotatable bonds is 8. The van der Waals surface area contributed by atoms with Gasteiger partial charge in [0.2, 0.25) is 0 Å². The Balaban J connectivity index is 2.96. The van der Waals surface area contributed by atoms with Crippen LogP contribution in [-0.4, -0.2) is 34.9 Å². The number of hydrogen-bond acceptors (Lipinski definition) is 6. The Bertz CT molecular complexity index is 491. The molecule has 0 saturated heterocycles. The zero-order chi connectivity index (χ0) is 16.0. The van der Waals surface area contributed by atoms with Crippen LogP contribution in [0, 0.1) is 15.5 Å². The van der Waals surface area contributed by atoms with Gasteiger partial charge in [-0.05, 0) is 24.0 Å². The predicted molar refractivity (Wildman–Crippen MR) is 81.9 cm³/mol. The third-order valence-electron chi connectivity index (χ3n) is 3.49. The van der Waals surface area contributed by atoms with E-state index in [4.69, 9.17) is 5.11 Å². The Kier molecular flexibility index (Phi) is 5.92. The summed E-state index contributed by atoms with van der Waals surface area (Å²) < 4.78 is 0. The standard InChI is InChI=1S/C14H23N3O4/c1-4-14(2,3)10-15-11-5-6-12(16(19)7-8-18)13(9-11)17(20)21/h5-6,9,15,18-19H,4,7-8,10H2,1-3H3. The second kappa shape index (κ2) is 7.24. The van der Waals surface area contributed by atoms with Crippen molar-refractivity contribution in [1.82, 2.24) is 0 Å². The van der Waals surface area contributed by atoms with Crippen molar-refractivity contribution in [3.63, 3.8) is 0 Å². The highest BCUT2D eigenvalue weighted by Gasteiger charge is 2.20. The fraction of sp³-hybridized carbons (Fsp3) is 0.571. The number of nitrogens with one attached hydrogen (secondary N) is 1. The van der Waals surface area contributed by atoms with Crippen molar-refractivity contribution in [2.45, 2.75) is 27.2 Å². The molecule has 118 valence electrons. The van der Waals surface area contributed by atoms with E-state index >= 15 is 0 Å². The molecule has 0 radical (unpaired) electrons. The average molecular weight is 297 g/mol. The van der Waals surface area contributed by atoms with Gasteiger partial charge in [0, 0.05) is 18.3 Å². The Morgan fingerprint density at radius 3 is 2.62 bits per heavy atom. The van der Waals surface area contributed by atoms with Gasteiger partial charge in [-0.25, -0.2) is 5.06 Å². The highest BCUT2D eigenvalue weighted by molar-refractivity contribution is 5.68. The molecule has 0 spiro atoms. The molecule has 21 heavy (non-hydrogen) atoms. The van der Waals surface area contributed by atoms with Crippen molar-refractivity contribution in [2.75, 3.05) is 30.1 Å². The summed E-state index contributed by atoms with van der Waals surface area (Å²) in [6.07, 6.45) is 0.987. The summed E-state index contributed by atoms with van der Waals surface area (Å²) in [4.78, 5) is 10.6. The van der Waals surface area contributed by atoms with Gasteiger partial charge in [0.05, 0.1) is 18.1 Å². The Labute approximate surface area is 124 Å². The van der Waals surface area contributed by atoms with Crippen LogP contribution in [0.1, 0.15) is 27.2 Å². The maximum atomic E-state index is 11.1. The van der Waals surface area contributed by atoms with E-state index in [2.05, 4.69) is 26.1 Å². The molecule has 0 heterocycles. The van der Waals surface area contributed by atoms with Crippen LogP contribution in [0.15, 0.2) is 18.2 Å². The van der Waals surface area contributed by atoms with Crippen molar-refractivity contribution in [3.8, 4) is 0 Å². The van der Waals surface area contributed by atoms with Crippen molar-refractivity contribution < 1.29 is 15.2 Å². The molecule has 0 unspecified atom stereocenters. The second-order valence-corrected chi connectivity index (χ2v) is 5.68.